The third kappa shape index (κ3) is 7.16. The quantitative estimate of drug-likeness (QED) is 0.536. The summed E-state index contributed by atoms with van der Waals surface area (Å²) in [5.41, 5.74) is 0.735. The van der Waals surface area contributed by atoms with E-state index in [9.17, 15) is 18.3 Å². The van der Waals surface area contributed by atoms with E-state index in [1.54, 1.807) is 6.07 Å². The molecule has 1 saturated heterocycles. The first kappa shape index (κ1) is 28.1. The number of fused-ring (bicyclic) bond motifs is 1. The Hall–Kier alpha value is -1.88. The average molecular weight is 537 g/mol. The van der Waals surface area contributed by atoms with Crippen molar-refractivity contribution < 1.29 is 23.1 Å². The molecule has 9 nitrogen and oxygen atoms in total. The maximum Gasteiger partial charge on any atom is 0.317 e. The Balaban J connectivity index is 1.53. The van der Waals surface area contributed by atoms with Crippen molar-refractivity contribution >= 4 is 16.1 Å². The number of benzene rings is 1. The predicted octanol–water partition coefficient (Wildman–Crippen LogP) is 2.90. The minimum atomic E-state index is -3.85. The van der Waals surface area contributed by atoms with Crippen molar-refractivity contribution in [3.8, 4) is 5.75 Å². The number of sulfonamides is 1. The molecule has 4 rings (SSSR count). The van der Waals surface area contributed by atoms with Crippen LogP contribution in [0, 0.1) is 5.41 Å². The molecule has 2 heterocycles. The van der Waals surface area contributed by atoms with E-state index in [4.69, 9.17) is 4.74 Å². The van der Waals surface area contributed by atoms with Gasteiger partial charge in [0.25, 0.3) is 0 Å². The molecule has 1 aromatic rings. The number of likely N-dealkylation sites (N-methyl/N-ethyl adjacent to an activating group) is 1. The Kier molecular flexibility index (Phi) is 9.04. The first-order chi connectivity index (χ1) is 17.6. The molecule has 1 atom stereocenters. The van der Waals surface area contributed by atoms with Gasteiger partial charge in [0.15, 0.2) is 0 Å². The number of carbonyl (C=O) groups is 1. The SMILES string of the molecule is CC(C)c1ccc2c(c1)OCC1(CCN(C(=O)NC3CCCCC3)CC1)CN(C)CC(O)CNS2(=O)=O. The Labute approximate surface area is 222 Å². The fourth-order valence-electron chi connectivity index (χ4n) is 5.84. The summed E-state index contributed by atoms with van der Waals surface area (Å²) in [7, 11) is -1.91. The number of hydrogen-bond donors (Lipinski definition) is 3. The van der Waals surface area contributed by atoms with Crippen LogP contribution >= 0.6 is 0 Å². The van der Waals surface area contributed by atoms with Gasteiger partial charge in [-0.2, -0.15) is 0 Å². The number of aliphatic hydroxyl groups excluding tert-OH is 1. The number of hydrogen-bond acceptors (Lipinski definition) is 6. The van der Waals surface area contributed by atoms with Crippen LogP contribution in [0.1, 0.15) is 70.3 Å². The van der Waals surface area contributed by atoms with E-state index in [0.717, 1.165) is 31.2 Å². The number of likely N-dealkylation sites (tertiary alicyclic amines) is 1. The second-order valence-electron chi connectivity index (χ2n) is 11.6. The summed E-state index contributed by atoms with van der Waals surface area (Å²) in [4.78, 5) is 17.0. The molecular weight excluding hydrogens is 492 g/mol. The van der Waals surface area contributed by atoms with Gasteiger partial charge in [-0.1, -0.05) is 39.2 Å². The Bertz CT molecular complexity index is 1030. The van der Waals surface area contributed by atoms with Crippen LogP contribution in [0.4, 0.5) is 4.79 Å². The normalized spacial score (nSPS) is 25.5. The number of nitrogens with one attached hydrogen (secondary N) is 2. The lowest BCUT2D eigenvalue weighted by molar-refractivity contribution is 0.0239. The third-order valence-corrected chi connectivity index (χ3v) is 9.60. The molecule has 3 aliphatic rings. The maximum absolute atomic E-state index is 13.1. The summed E-state index contributed by atoms with van der Waals surface area (Å²) < 4.78 is 35.1. The summed E-state index contributed by atoms with van der Waals surface area (Å²) in [6.45, 7) is 6.67. The number of rotatable bonds is 2. The number of piperidine rings is 1. The molecule has 0 aromatic heterocycles. The zero-order chi connectivity index (χ0) is 26.6. The summed E-state index contributed by atoms with van der Waals surface area (Å²) in [5.74, 6) is 0.562. The molecule has 208 valence electrons. The Morgan fingerprint density at radius 1 is 1.19 bits per heavy atom. The summed E-state index contributed by atoms with van der Waals surface area (Å²) >= 11 is 0. The second-order valence-corrected chi connectivity index (χ2v) is 13.4. The lowest BCUT2D eigenvalue weighted by Crippen LogP contribution is -2.54. The van der Waals surface area contributed by atoms with Gasteiger partial charge in [-0.05, 0) is 56.3 Å². The molecule has 1 spiro atoms. The van der Waals surface area contributed by atoms with Crippen LogP contribution in [0.2, 0.25) is 0 Å². The number of urea groups is 1. The van der Waals surface area contributed by atoms with Crippen LogP contribution in [0.15, 0.2) is 23.1 Å². The third-order valence-electron chi connectivity index (χ3n) is 8.14. The van der Waals surface area contributed by atoms with Gasteiger partial charge in [0.2, 0.25) is 10.0 Å². The van der Waals surface area contributed by atoms with Crippen molar-refractivity contribution in [1.29, 1.82) is 0 Å². The van der Waals surface area contributed by atoms with Gasteiger partial charge in [-0.3, -0.25) is 0 Å². The monoisotopic (exact) mass is 536 g/mol. The minimum absolute atomic E-state index is 0.0173. The molecule has 1 unspecified atom stereocenters. The highest BCUT2D eigenvalue weighted by atomic mass is 32.2. The number of nitrogens with zero attached hydrogens (tertiary/aromatic N) is 2. The zero-order valence-corrected chi connectivity index (χ0v) is 23.4. The highest BCUT2D eigenvalue weighted by molar-refractivity contribution is 7.89. The lowest BCUT2D eigenvalue weighted by Gasteiger charge is -2.44. The smallest absolute Gasteiger partial charge is 0.317 e. The maximum atomic E-state index is 13.1. The highest BCUT2D eigenvalue weighted by Crippen LogP contribution is 2.36. The summed E-state index contributed by atoms with van der Waals surface area (Å²) in [5, 5.41) is 13.8. The number of aliphatic hydroxyl groups is 1. The van der Waals surface area contributed by atoms with Crippen molar-refractivity contribution in [3.63, 3.8) is 0 Å². The van der Waals surface area contributed by atoms with Crippen LogP contribution in [-0.4, -0.2) is 87.9 Å². The average Bonchev–Trinajstić information content (AvgIpc) is 2.86. The Morgan fingerprint density at radius 2 is 1.89 bits per heavy atom. The topological polar surface area (TPSA) is 111 Å². The van der Waals surface area contributed by atoms with E-state index in [-0.39, 0.29) is 34.8 Å². The second kappa shape index (κ2) is 11.9. The molecule has 3 N–H and O–H groups in total. The van der Waals surface area contributed by atoms with Crippen LogP contribution in [0.5, 0.6) is 5.75 Å². The standard InChI is InChI=1S/C27H44N4O5S/c1-20(2)21-9-10-25-24(15-21)36-19-27(18-30(3)17-23(32)16-28-37(25,34)35)11-13-31(14-12-27)26(33)29-22-7-5-4-6-8-22/h9-10,15,20,22-23,28,32H,4-8,11-14,16-19H2,1-3H3,(H,29,33). The van der Waals surface area contributed by atoms with Gasteiger partial charge >= 0.3 is 6.03 Å². The first-order valence-electron chi connectivity index (χ1n) is 13.8. The first-order valence-corrected chi connectivity index (χ1v) is 15.2. The van der Waals surface area contributed by atoms with Crippen molar-refractivity contribution in [2.45, 2.75) is 81.8 Å². The van der Waals surface area contributed by atoms with E-state index in [0.29, 0.717) is 38.5 Å². The molecule has 2 amide bonds. The minimum Gasteiger partial charge on any atom is -0.492 e. The van der Waals surface area contributed by atoms with Gasteiger partial charge in [0.05, 0.1) is 12.7 Å². The Morgan fingerprint density at radius 3 is 2.57 bits per heavy atom. The van der Waals surface area contributed by atoms with Gasteiger partial charge < -0.3 is 25.0 Å². The molecule has 1 aromatic carbocycles. The molecule has 37 heavy (non-hydrogen) atoms. The molecule has 2 aliphatic heterocycles. The van der Waals surface area contributed by atoms with Crippen molar-refractivity contribution in [1.82, 2.24) is 19.8 Å². The number of amides is 2. The number of β-amino-alcohol motifs (C(OH)–C–C–N with tert-alkyl or cyclic N) is 1. The van der Waals surface area contributed by atoms with E-state index >= 15 is 0 Å². The lowest BCUT2D eigenvalue weighted by atomic mass is 9.78. The van der Waals surface area contributed by atoms with Gasteiger partial charge in [0, 0.05) is 44.2 Å². The molecule has 10 heteroatoms. The van der Waals surface area contributed by atoms with E-state index in [2.05, 4.69) is 23.9 Å². The molecule has 1 saturated carbocycles. The number of ether oxygens (including phenoxy) is 1. The van der Waals surface area contributed by atoms with Gasteiger partial charge in [-0.25, -0.2) is 17.9 Å². The molecule has 0 bridgehead atoms. The fraction of sp³-hybridized carbons (Fsp3) is 0.741. The van der Waals surface area contributed by atoms with Crippen LogP contribution in [0.3, 0.4) is 0 Å². The summed E-state index contributed by atoms with van der Waals surface area (Å²) in [6.07, 6.45) is 6.37. The van der Waals surface area contributed by atoms with Gasteiger partial charge in [0.1, 0.15) is 10.6 Å². The highest BCUT2D eigenvalue weighted by Gasteiger charge is 2.39. The van der Waals surface area contributed by atoms with E-state index < -0.39 is 16.1 Å². The van der Waals surface area contributed by atoms with Crippen LogP contribution in [-0.2, 0) is 10.0 Å². The van der Waals surface area contributed by atoms with E-state index in [1.165, 1.54) is 19.3 Å². The summed E-state index contributed by atoms with van der Waals surface area (Å²) in [6, 6.07) is 5.54. The molecule has 0 radical (unpaired) electrons. The van der Waals surface area contributed by atoms with Crippen LogP contribution < -0.4 is 14.8 Å². The molecular formula is C27H44N4O5S. The number of carbonyl (C=O) groups excluding carboxylic acids is 1. The molecule has 2 fully saturated rings. The van der Waals surface area contributed by atoms with Crippen molar-refractivity contribution in [2.24, 2.45) is 5.41 Å². The van der Waals surface area contributed by atoms with Crippen LogP contribution in [0.25, 0.3) is 0 Å². The van der Waals surface area contributed by atoms with Gasteiger partial charge in [-0.15, -0.1) is 0 Å². The largest absolute Gasteiger partial charge is 0.492 e. The fourth-order valence-corrected chi connectivity index (χ4v) is 7.04. The van der Waals surface area contributed by atoms with E-state index in [1.807, 2.05) is 29.0 Å². The van der Waals surface area contributed by atoms with Crippen molar-refractivity contribution in [3.05, 3.63) is 23.8 Å². The zero-order valence-electron chi connectivity index (χ0n) is 22.5. The predicted molar refractivity (Wildman–Crippen MR) is 143 cm³/mol. The van der Waals surface area contributed by atoms with Crippen molar-refractivity contribution in [2.75, 3.05) is 46.4 Å². The molecule has 1 aliphatic carbocycles.